The van der Waals surface area contributed by atoms with Gasteiger partial charge >= 0.3 is 0 Å². The van der Waals surface area contributed by atoms with Crippen molar-refractivity contribution in [1.82, 2.24) is 28.7 Å². The number of imidazole rings is 2. The number of anilines is 1. The van der Waals surface area contributed by atoms with E-state index in [1.165, 1.54) is 0 Å². The zero-order chi connectivity index (χ0) is 25.5. The van der Waals surface area contributed by atoms with Crippen LogP contribution in [0.5, 0.6) is 0 Å². The Hall–Kier alpha value is -3.21. The normalized spacial score (nSPS) is 13.4. The molecule has 0 spiro atoms. The van der Waals surface area contributed by atoms with Crippen LogP contribution in [0.2, 0.25) is 0 Å². The molecule has 0 aliphatic carbocycles. The van der Waals surface area contributed by atoms with Crippen molar-refractivity contribution in [3.63, 3.8) is 0 Å². The molecule has 186 valence electrons. The molecule has 0 saturated heterocycles. The molecule has 2 aromatic carbocycles. The van der Waals surface area contributed by atoms with Gasteiger partial charge < -0.3 is 10.7 Å². The van der Waals surface area contributed by atoms with Crippen LogP contribution in [-0.2, 0) is 16.6 Å². The number of nitrogens with zero attached hydrogens (tertiary/aromatic N) is 5. The Morgan fingerprint density at radius 1 is 1.00 bits per heavy atom. The van der Waals surface area contributed by atoms with Gasteiger partial charge in [0.05, 0.1) is 40.4 Å². The molecule has 0 aliphatic rings. The number of aromatic amines is 1. The Morgan fingerprint density at radius 3 is 2.31 bits per heavy atom. The third-order valence-electron chi connectivity index (χ3n) is 6.36. The molecule has 2 heterocycles. The van der Waals surface area contributed by atoms with E-state index in [0.29, 0.717) is 17.6 Å². The van der Waals surface area contributed by atoms with Gasteiger partial charge in [0.15, 0.2) is 0 Å². The molecule has 0 fully saturated rings. The molecule has 0 radical (unpaired) electrons. The second-order valence-corrected chi connectivity index (χ2v) is 11.7. The fraction of sp³-hybridized carbons (Fsp3) is 0.360. The monoisotopic (exact) mass is 495 g/mol. The first-order chi connectivity index (χ1) is 16.5. The lowest BCUT2D eigenvalue weighted by Gasteiger charge is -2.29. The van der Waals surface area contributed by atoms with E-state index in [1.54, 1.807) is 26.0 Å². The van der Waals surface area contributed by atoms with Crippen molar-refractivity contribution in [3.8, 4) is 22.5 Å². The Bertz CT molecular complexity index is 1440. The van der Waals surface area contributed by atoms with E-state index in [1.807, 2.05) is 50.5 Å². The first-order valence-corrected chi connectivity index (χ1v) is 13.0. The molecule has 0 aliphatic heterocycles. The molecule has 9 nitrogen and oxygen atoms in total. The van der Waals surface area contributed by atoms with Crippen LogP contribution in [0.1, 0.15) is 26.6 Å². The van der Waals surface area contributed by atoms with E-state index in [2.05, 4.69) is 33.7 Å². The van der Waals surface area contributed by atoms with Crippen LogP contribution in [0.15, 0.2) is 48.5 Å². The highest BCUT2D eigenvalue weighted by atomic mass is 32.2. The lowest BCUT2D eigenvalue weighted by atomic mass is 10.0. The van der Waals surface area contributed by atoms with Gasteiger partial charge in [-0.3, -0.25) is 9.80 Å². The maximum atomic E-state index is 13.0. The first-order valence-electron chi connectivity index (χ1n) is 11.5. The number of nitrogen functional groups attached to an aromatic ring is 1. The van der Waals surface area contributed by atoms with E-state index in [9.17, 15) is 8.42 Å². The fourth-order valence-corrected chi connectivity index (χ4v) is 5.12. The maximum absolute atomic E-state index is 13.0. The summed E-state index contributed by atoms with van der Waals surface area (Å²) in [6.07, 6.45) is 0.221. The van der Waals surface area contributed by atoms with E-state index < -0.39 is 15.3 Å². The molecule has 1 atom stereocenters. The second kappa shape index (κ2) is 9.44. The smallest absolute Gasteiger partial charge is 0.244 e. The average molecular weight is 496 g/mol. The Kier molecular flexibility index (Phi) is 6.72. The number of hydrogen-bond donors (Lipinski definition) is 2. The Morgan fingerprint density at radius 2 is 1.69 bits per heavy atom. The lowest BCUT2D eigenvalue weighted by Crippen LogP contribution is -2.40. The van der Waals surface area contributed by atoms with Gasteiger partial charge in [-0.2, -0.15) is 0 Å². The maximum Gasteiger partial charge on any atom is 0.244 e. The molecule has 2 aromatic heterocycles. The highest BCUT2D eigenvalue weighted by Gasteiger charge is 2.25. The van der Waals surface area contributed by atoms with E-state index in [4.69, 9.17) is 10.7 Å². The first kappa shape index (κ1) is 24.9. The molecule has 4 rings (SSSR count). The third kappa shape index (κ3) is 4.69. The number of rotatable bonds is 8. The van der Waals surface area contributed by atoms with Crippen molar-refractivity contribution in [3.05, 3.63) is 54.4 Å². The van der Waals surface area contributed by atoms with Crippen LogP contribution in [0.3, 0.4) is 0 Å². The topological polar surface area (TPSA) is 113 Å². The summed E-state index contributed by atoms with van der Waals surface area (Å²) in [7, 11) is 2.45. The highest BCUT2D eigenvalue weighted by molar-refractivity contribution is 7.90. The number of nitrogens with two attached hydrogens (primary N) is 1. The number of fused-ring (bicyclic) bond motifs is 1. The number of benzene rings is 2. The summed E-state index contributed by atoms with van der Waals surface area (Å²) in [5, 5.41) is -0.642. The van der Waals surface area contributed by atoms with Gasteiger partial charge in [-0.1, -0.05) is 36.4 Å². The summed E-state index contributed by atoms with van der Waals surface area (Å²) in [5.41, 5.74) is 10.4. The van der Waals surface area contributed by atoms with Gasteiger partial charge in [0.2, 0.25) is 16.0 Å². The zero-order valence-corrected chi connectivity index (χ0v) is 21.8. The van der Waals surface area contributed by atoms with E-state index in [-0.39, 0.29) is 12.1 Å². The quantitative estimate of drug-likeness (QED) is 0.359. The predicted molar refractivity (Wildman–Crippen MR) is 141 cm³/mol. The second-order valence-electron chi connectivity index (χ2n) is 9.32. The van der Waals surface area contributed by atoms with Gasteiger partial charge in [0, 0.05) is 11.1 Å². The summed E-state index contributed by atoms with van der Waals surface area (Å²) in [6.45, 7) is 6.01. The largest absolute Gasteiger partial charge is 0.368 e. The third-order valence-corrected chi connectivity index (χ3v) is 8.44. The molecule has 0 amide bonds. The van der Waals surface area contributed by atoms with Gasteiger partial charge in [-0.05, 0) is 54.0 Å². The summed E-state index contributed by atoms with van der Waals surface area (Å²) in [4.78, 5) is 17.1. The summed E-state index contributed by atoms with van der Waals surface area (Å²) >= 11 is 0. The summed E-state index contributed by atoms with van der Waals surface area (Å²) in [5.74, 6) is 0.772. The molecular weight excluding hydrogens is 462 g/mol. The number of hydrogen-bond acceptors (Lipinski definition) is 7. The standard InChI is InChI=1S/C25H33N7O2S/c1-16(2)35(33,34)32-21-14-19(12-13-20(21)27-25(32)26)24-23(18-10-8-7-9-11-18)28-22(29-24)15-31(6)17(3)30(4)5/h7-14,16-17H,15H2,1-6H3,(H2,26,27)(H,28,29). The van der Waals surface area contributed by atoms with E-state index >= 15 is 0 Å². The van der Waals surface area contributed by atoms with Crippen molar-refractivity contribution in [2.24, 2.45) is 0 Å². The summed E-state index contributed by atoms with van der Waals surface area (Å²) in [6, 6.07) is 15.5. The SMILES string of the molecule is CC(N(C)C)N(C)Cc1nc(-c2ccc3nc(N)n(S(=O)(=O)C(C)C)c3c2)c(-c2ccccc2)[nH]1. The van der Waals surface area contributed by atoms with Crippen molar-refractivity contribution in [2.45, 2.75) is 38.7 Å². The number of aromatic nitrogens is 4. The van der Waals surface area contributed by atoms with Crippen LogP contribution in [0.4, 0.5) is 5.95 Å². The van der Waals surface area contributed by atoms with Crippen LogP contribution in [0, 0.1) is 0 Å². The fourth-order valence-electron chi connectivity index (χ4n) is 3.98. The minimum Gasteiger partial charge on any atom is -0.368 e. The van der Waals surface area contributed by atoms with Gasteiger partial charge in [-0.15, -0.1) is 0 Å². The van der Waals surface area contributed by atoms with Crippen molar-refractivity contribution in [1.29, 1.82) is 0 Å². The molecular formula is C25H33N7O2S. The van der Waals surface area contributed by atoms with Crippen LogP contribution >= 0.6 is 0 Å². The minimum atomic E-state index is -3.69. The molecule has 0 bridgehead atoms. The summed E-state index contributed by atoms with van der Waals surface area (Å²) < 4.78 is 27.2. The zero-order valence-electron chi connectivity index (χ0n) is 21.0. The molecule has 0 saturated carbocycles. The van der Waals surface area contributed by atoms with E-state index in [0.717, 1.165) is 32.3 Å². The van der Waals surface area contributed by atoms with Crippen LogP contribution in [0.25, 0.3) is 33.5 Å². The molecule has 4 aromatic rings. The number of H-pyrrole nitrogens is 1. The van der Waals surface area contributed by atoms with Crippen molar-refractivity contribution < 1.29 is 8.42 Å². The minimum absolute atomic E-state index is 0.0452. The van der Waals surface area contributed by atoms with Gasteiger partial charge in [0.25, 0.3) is 0 Å². The van der Waals surface area contributed by atoms with Crippen molar-refractivity contribution in [2.75, 3.05) is 26.9 Å². The number of nitrogens with one attached hydrogen (secondary N) is 1. The molecule has 10 heteroatoms. The van der Waals surface area contributed by atoms with Gasteiger partial charge in [-0.25, -0.2) is 22.4 Å². The average Bonchev–Trinajstić information content (AvgIpc) is 3.38. The highest BCUT2D eigenvalue weighted by Crippen LogP contribution is 2.33. The molecule has 35 heavy (non-hydrogen) atoms. The Labute approximate surface area is 206 Å². The van der Waals surface area contributed by atoms with Crippen LogP contribution < -0.4 is 5.73 Å². The predicted octanol–water partition coefficient (Wildman–Crippen LogP) is 3.60. The lowest BCUT2D eigenvalue weighted by molar-refractivity contribution is 0.112. The van der Waals surface area contributed by atoms with Crippen molar-refractivity contribution >= 4 is 27.0 Å². The van der Waals surface area contributed by atoms with Crippen LogP contribution in [-0.4, -0.2) is 69.7 Å². The van der Waals surface area contributed by atoms with Gasteiger partial charge in [0.1, 0.15) is 5.82 Å². The molecule has 3 N–H and O–H groups in total. The molecule has 1 unspecified atom stereocenters. The Balaban J connectivity index is 1.87.